The summed E-state index contributed by atoms with van der Waals surface area (Å²) in [7, 11) is 2.61. The summed E-state index contributed by atoms with van der Waals surface area (Å²) in [5.41, 5.74) is 6.86. The Kier molecular flexibility index (Phi) is 8.49. The van der Waals surface area contributed by atoms with E-state index in [1.54, 1.807) is 50.4 Å². The van der Waals surface area contributed by atoms with Crippen LogP contribution in [-0.2, 0) is 4.79 Å². The molecule has 30 heavy (non-hydrogen) atoms. The second kappa shape index (κ2) is 10.8. The van der Waals surface area contributed by atoms with Gasteiger partial charge in [-0.2, -0.15) is 5.10 Å². The molecule has 1 aromatic carbocycles. The third kappa shape index (κ3) is 6.36. The van der Waals surface area contributed by atoms with E-state index in [1.165, 1.54) is 5.01 Å². The monoisotopic (exact) mass is 418 g/mol. The van der Waals surface area contributed by atoms with Crippen LogP contribution in [0.5, 0.6) is 11.5 Å². The molecule has 1 aromatic rings. The Morgan fingerprint density at radius 3 is 2.50 bits per heavy atom. The Bertz CT molecular complexity index is 766. The Hall–Kier alpha value is -2.79. The van der Waals surface area contributed by atoms with E-state index in [9.17, 15) is 9.90 Å². The predicted molar refractivity (Wildman–Crippen MR) is 118 cm³/mol. The van der Waals surface area contributed by atoms with Gasteiger partial charge < -0.3 is 25.5 Å². The van der Waals surface area contributed by atoms with E-state index in [0.29, 0.717) is 24.0 Å². The van der Waals surface area contributed by atoms with Crippen molar-refractivity contribution in [2.24, 2.45) is 21.7 Å². The highest BCUT2D eigenvalue weighted by molar-refractivity contribution is 6.53. The first-order valence-corrected chi connectivity index (χ1v) is 9.85. The zero-order chi connectivity index (χ0) is 22.3. The summed E-state index contributed by atoms with van der Waals surface area (Å²) in [6, 6.07) is 4.60. The first kappa shape index (κ1) is 23.5. The molecule has 0 bridgehead atoms. The minimum absolute atomic E-state index is 0.180. The fourth-order valence-corrected chi connectivity index (χ4v) is 2.85. The quantitative estimate of drug-likeness (QED) is 0.380. The van der Waals surface area contributed by atoms with Crippen molar-refractivity contribution >= 4 is 25.3 Å². The second-order valence-corrected chi connectivity index (χ2v) is 7.46. The van der Waals surface area contributed by atoms with E-state index in [-0.39, 0.29) is 12.6 Å². The number of carboxylic acid groups (broad SMARTS) is 1. The van der Waals surface area contributed by atoms with Crippen molar-refractivity contribution in [3.63, 3.8) is 0 Å². The number of aliphatic carboxylic acids is 1. The number of carboxylic acids is 1. The molecule has 0 saturated carbocycles. The summed E-state index contributed by atoms with van der Waals surface area (Å²) >= 11 is 0. The SMILES string of the molecule is COc1cc(/C=N/N2CN(C(C)C(=O)O)B(NCCC(C)C)N=C2N)cc(OC)c1. The van der Waals surface area contributed by atoms with Gasteiger partial charge in [-0.05, 0) is 37.9 Å². The van der Waals surface area contributed by atoms with Gasteiger partial charge >= 0.3 is 13.1 Å². The molecule has 1 atom stereocenters. The summed E-state index contributed by atoms with van der Waals surface area (Å²) in [4.78, 5) is 17.7. The number of nitrogens with two attached hydrogens (primary N) is 1. The van der Waals surface area contributed by atoms with Crippen LogP contribution < -0.4 is 20.4 Å². The van der Waals surface area contributed by atoms with Crippen LogP contribution >= 0.6 is 0 Å². The molecule has 1 aliphatic heterocycles. The molecule has 0 fully saturated rings. The van der Waals surface area contributed by atoms with Crippen molar-refractivity contribution < 1.29 is 19.4 Å². The first-order valence-electron chi connectivity index (χ1n) is 9.85. The maximum absolute atomic E-state index is 11.6. The van der Waals surface area contributed by atoms with Crippen LogP contribution in [0.4, 0.5) is 0 Å². The Labute approximate surface area is 177 Å². The van der Waals surface area contributed by atoms with Crippen LogP contribution in [0.2, 0.25) is 0 Å². The van der Waals surface area contributed by atoms with E-state index in [1.807, 2.05) is 0 Å². The third-order valence-corrected chi connectivity index (χ3v) is 4.75. The number of guanidine groups is 1. The van der Waals surface area contributed by atoms with Crippen LogP contribution in [0, 0.1) is 5.92 Å². The number of nitrogens with zero attached hydrogens (tertiary/aromatic N) is 4. The van der Waals surface area contributed by atoms with Gasteiger partial charge in [0.1, 0.15) is 11.5 Å². The van der Waals surface area contributed by atoms with Crippen LogP contribution in [0.3, 0.4) is 0 Å². The van der Waals surface area contributed by atoms with Gasteiger partial charge in [-0.1, -0.05) is 13.8 Å². The predicted octanol–water partition coefficient (Wildman–Crippen LogP) is 1.02. The van der Waals surface area contributed by atoms with Gasteiger partial charge in [0, 0.05) is 11.6 Å². The summed E-state index contributed by atoms with van der Waals surface area (Å²) in [5.74, 6) is 1.05. The highest BCUT2D eigenvalue weighted by Crippen LogP contribution is 2.21. The fraction of sp³-hybridized carbons (Fsp3) is 0.526. The van der Waals surface area contributed by atoms with E-state index in [2.05, 4.69) is 29.1 Å². The summed E-state index contributed by atoms with van der Waals surface area (Å²) < 4.78 is 10.5. The lowest BCUT2D eigenvalue weighted by Crippen LogP contribution is -2.63. The summed E-state index contributed by atoms with van der Waals surface area (Å²) in [6.07, 6.45) is 2.55. The van der Waals surface area contributed by atoms with Crippen LogP contribution in [0.1, 0.15) is 32.8 Å². The van der Waals surface area contributed by atoms with Gasteiger partial charge in [-0.25, -0.2) is 5.01 Å². The number of hydrazone groups is 1. The van der Waals surface area contributed by atoms with Gasteiger partial charge in [0.2, 0.25) is 5.96 Å². The Morgan fingerprint density at radius 2 is 1.97 bits per heavy atom. The van der Waals surface area contributed by atoms with E-state index in [0.717, 1.165) is 12.0 Å². The molecule has 0 aromatic heterocycles. The molecule has 2 rings (SSSR count). The van der Waals surface area contributed by atoms with Crippen molar-refractivity contribution in [2.45, 2.75) is 33.2 Å². The molecule has 1 unspecified atom stereocenters. The molecule has 1 aliphatic rings. The fourth-order valence-electron chi connectivity index (χ4n) is 2.85. The molecule has 0 saturated heterocycles. The minimum Gasteiger partial charge on any atom is -0.497 e. The Morgan fingerprint density at radius 1 is 1.33 bits per heavy atom. The normalized spacial score (nSPS) is 16.1. The topological polar surface area (TPSA) is 125 Å². The molecule has 0 amide bonds. The molecule has 11 heteroatoms. The second-order valence-electron chi connectivity index (χ2n) is 7.46. The highest BCUT2D eigenvalue weighted by Gasteiger charge is 2.37. The number of hydrogen-bond acceptors (Lipinski definition) is 9. The van der Waals surface area contributed by atoms with Crippen molar-refractivity contribution in [3.8, 4) is 11.5 Å². The molecule has 0 aliphatic carbocycles. The number of carbonyl (C=O) groups is 1. The summed E-state index contributed by atoms with van der Waals surface area (Å²) in [5, 5.41) is 18.6. The van der Waals surface area contributed by atoms with Gasteiger partial charge in [-0.15, -0.1) is 0 Å². The summed E-state index contributed by atoms with van der Waals surface area (Å²) in [6.45, 7) is 6.75. The van der Waals surface area contributed by atoms with Crippen molar-refractivity contribution in [2.75, 3.05) is 27.4 Å². The standard InChI is InChI=1S/C19H31BN6O4/c1-13(2)6-7-22-20-24-19(21)26(12-25(20)14(3)18(27)28)23-11-15-8-16(29-4)10-17(9-15)30-5/h8-11,13-14,22H,6-7,12H2,1-5H3,(H2,21,24)(H,27,28)/b23-11+. The zero-order valence-corrected chi connectivity index (χ0v) is 18.2. The number of benzene rings is 1. The van der Waals surface area contributed by atoms with Crippen molar-refractivity contribution in [3.05, 3.63) is 23.8 Å². The zero-order valence-electron chi connectivity index (χ0n) is 18.2. The molecule has 4 N–H and O–H groups in total. The van der Waals surface area contributed by atoms with Crippen LogP contribution in [-0.4, -0.2) is 73.7 Å². The minimum atomic E-state index is -0.942. The average Bonchev–Trinajstić information content (AvgIpc) is 2.71. The van der Waals surface area contributed by atoms with E-state index >= 15 is 0 Å². The number of rotatable bonds is 10. The van der Waals surface area contributed by atoms with E-state index in [4.69, 9.17) is 15.2 Å². The van der Waals surface area contributed by atoms with Crippen molar-refractivity contribution in [1.29, 1.82) is 0 Å². The maximum atomic E-state index is 11.6. The molecule has 164 valence electrons. The van der Waals surface area contributed by atoms with Gasteiger partial charge in [0.05, 0.1) is 33.1 Å². The smallest absolute Gasteiger partial charge is 0.458 e. The molecular formula is C19H31BN6O4. The Balaban J connectivity index is 2.22. The molecule has 0 spiro atoms. The maximum Gasteiger partial charge on any atom is 0.458 e. The van der Waals surface area contributed by atoms with Crippen LogP contribution in [0.15, 0.2) is 28.2 Å². The van der Waals surface area contributed by atoms with Gasteiger partial charge in [-0.3, -0.25) is 14.5 Å². The third-order valence-electron chi connectivity index (χ3n) is 4.75. The van der Waals surface area contributed by atoms with E-state index < -0.39 is 19.1 Å². The van der Waals surface area contributed by atoms with Gasteiger partial charge in [0.25, 0.3) is 0 Å². The lowest BCUT2D eigenvalue weighted by atomic mass is 9.88. The lowest BCUT2D eigenvalue weighted by Gasteiger charge is -2.37. The highest BCUT2D eigenvalue weighted by atomic mass is 16.5. The number of methoxy groups -OCH3 is 2. The number of hydrogen-bond donors (Lipinski definition) is 3. The molecular weight excluding hydrogens is 387 g/mol. The van der Waals surface area contributed by atoms with Crippen molar-refractivity contribution in [1.82, 2.24) is 15.0 Å². The lowest BCUT2D eigenvalue weighted by molar-refractivity contribution is -0.141. The largest absolute Gasteiger partial charge is 0.497 e. The number of ether oxygens (including phenoxy) is 2. The van der Waals surface area contributed by atoms with Crippen LogP contribution in [0.25, 0.3) is 0 Å². The first-order chi connectivity index (χ1) is 14.2. The molecule has 1 heterocycles. The van der Waals surface area contributed by atoms with Gasteiger partial charge in [0.15, 0.2) is 0 Å². The number of nitrogens with one attached hydrogen (secondary N) is 1. The average molecular weight is 418 g/mol. The molecule has 0 radical (unpaired) electrons. The molecule has 10 nitrogen and oxygen atoms in total.